The fraction of sp³-hybridized carbons (Fsp3) is 0.212. The quantitative estimate of drug-likeness (QED) is 0.149. The van der Waals surface area contributed by atoms with Crippen LogP contribution in [-0.4, -0.2) is 43.2 Å². The molecule has 230 valence electrons. The number of carbonyl (C=O) groups is 1. The highest BCUT2D eigenvalue weighted by atomic mass is 32.2. The van der Waals surface area contributed by atoms with E-state index in [-0.39, 0.29) is 24.8 Å². The zero-order chi connectivity index (χ0) is 31.0. The van der Waals surface area contributed by atoms with Crippen molar-refractivity contribution >= 4 is 29.2 Å². The number of anilines is 2. The molecule has 2 amide bonds. The van der Waals surface area contributed by atoms with Crippen LogP contribution in [0.1, 0.15) is 35.5 Å². The van der Waals surface area contributed by atoms with Crippen molar-refractivity contribution in [2.24, 2.45) is 7.05 Å². The first kappa shape index (κ1) is 30.3. The average Bonchev–Trinajstić information content (AvgIpc) is 3.49. The van der Waals surface area contributed by atoms with Crippen molar-refractivity contribution < 1.29 is 24.1 Å². The molecule has 3 N–H and O–H groups in total. The predicted molar refractivity (Wildman–Crippen MR) is 170 cm³/mol. The Morgan fingerprint density at radius 3 is 2.18 bits per heavy atom. The van der Waals surface area contributed by atoms with E-state index in [9.17, 15) is 9.90 Å². The Labute approximate surface area is 264 Å². The number of nitrogens with zero attached hydrogens (tertiary/aromatic N) is 4. The van der Waals surface area contributed by atoms with Crippen molar-refractivity contribution in [3.05, 3.63) is 120 Å². The summed E-state index contributed by atoms with van der Waals surface area (Å²) in [6.07, 6.45) is -0.329. The molecule has 5 aromatic rings. The van der Waals surface area contributed by atoms with Gasteiger partial charge in [-0.1, -0.05) is 66.4 Å². The molecule has 45 heavy (non-hydrogen) atoms. The number of thioether (sulfide) groups is 1. The summed E-state index contributed by atoms with van der Waals surface area (Å²) in [6, 6.07) is 31.4. The van der Waals surface area contributed by atoms with Gasteiger partial charge in [0.05, 0.1) is 18.8 Å². The van der Waals surface area contributed by atoms with Crippen LogP contribution in [0.4, 0.5) is 16.2 Å². The van der Waals surface area contributed by atoms with Gasteiger partial charge in [-0.2, -0.15) is 0 Å². The minimum Gasteiger partial charge on any atom is -0.457 e. The van der Waals surface area contributed by atoms with Crippen LogP contribution in [0.25, 0.3) is 0 Å². The molecule has 1 aromatic heterocycles. The number of tetrazole rings is 1. The van der Waals surface area contributed by atoms with Crippen LogP contribution in [0.5, 0.6) is 11.5 Å². The molecule has 1 aliphatic heterocycles. The van der Waals surface area contributed by atoms with Gasteiger partial charge >= 0.3 is 6.03 Å². The monoisotopic (exact) mass is 624 g/mol. The summed E-state index contributed by atoms with van der Waals surface area (Å²) in [4.78, 5) is 12.7. The van der Waals surface area contributed by atoms with Gasteiger partial charge in [-0.3, -0.25) is 0 Å². The summed E-state index contributed by atoms with van der Waals surface area (Å²) >= 11 is 1.52. The van der Waals surface area contributed by atoms with Crippen molar-refractivity contribution in [1.82, 2.24) is 20.2 Å². The highest BCUT2D eigenvalue weighted by Crippen LogP contribution is 2.39. The summed E-state index contributed by atoms with van der Waals surface area (Å²) in [6.45, 7) is -0.0169. The normalized spacial score (nSPS) is 17.9. The maximum absolute atomic E-state index is 12.7. The Hall–Kier alpha value is -4.75. The molecule has 0 radical (unpaired) electrons. The number of nitrogens with one attached hydrogen (secondary N) is 2. The number of para-hydroxylation sites is 1. The van der Waals surface area contributed by atoms with Crippen LogP contribution in [0, 0.1) is 0 Å². The van der Waals surface area contributed by atoms with E-state index in [1.807, 2.05) is 78.9 Å². The summed E-state index contributed by atoms with van der Waals surface area (Å²) in [5.41, 5.74) is 3.92. The first-order chi connectivity index (χ1) is 22.0. The van der Waals surface area contributed by atoms with Crippen LogP contribution < -0.4 is 15.4 Å². The number of ether oxygens (including phenoxy) is 3. The van der Waals surface area contributed by atoms with Gasteiger partial charge in [0.15, 0.2) is 6.29 Å². The number of aliphatic hydroxyl groups excluding tert-OH is 1. The van der Waals surface area contributed by atoms with Gasteiger partial charge in [0, 0.05) is 36.2 Å². The molecule has 1 saturated heterocycles. The largest absolute Gasteiger partial charge is 0.457 e. The smallest absolute Gasteiger partial charge is 0.323 e. The third kappa shape index (κ3) is 8.05. The second kappa shape index (κ2) is 14.4. The van der Waals surface area contributed by atoms with Crippen LogP contribution in [0.2, 0.25) is 0 Å². The summed E-state index contributed by atoms with van der Waals surface area (Å²) in [7, 11) is 1.80. The average molecular weight is 625 g/mol. The topological polar surface area (TPSA) is 133 Å². The van der Waals surface area contributed by atoms with E-state index in [1.54, 1.807) is 36.0 Å². The molecule has 0 spiro atoms. The Morgan fingerprint density at radius 1 is 0.889 bits per heavy atom. The minimum atomic E-state index is -0.621. The van der Waals surface area contributed by atoms with E-state index in [0.717, 1.165) is 22.4 Å². The molecule has 4 aromatic carbocycles. The number of urea groups is 1. The number of aryl methyl sites for hydroxylation is 1. The molecule has 11 nitrogen and oxygen atoms in total. The van der Waals surface area contributed by atoms with Gasteiger partial charge in [-0.05, 0) is 70.1 Å². The maximum Gasteiger partial charge on any atom is 0.323 e. The van der Waals surface area contributed by atoms with Crippen LogP contribution in [0.15, 0.2) is 108 Å². The molecule has 6 rings (SSSR count). The van der Waals surface area contributed by atoms with Crippen molar-refractivity contribution in [3.63, 3.8) is 0 Å². The van der Waals surface area contributed by atoms with Gasteiger partial charge in [0.1, 0.15) is 11.5 Å². The third-order valence-corrected chi connectivity index (χ3v) is 8.27. The molecule has 1 aliphatic rings. The number of aliphatic hydroxyl groups is 1. The Kier molecular flexibility index (Phi) is 9.66. The lowest BCUT2D eigenvalue weighted by Crippen LogP contribution is -2.31. The van der Waals surface area contributed by atoms with Gasteiger partial charge in [-0.15, -0.1) is 5.10 Å². The predicted octanol–water partition coefficient (Wildman–Crippen LogP) is 6.48. The van der Waals surface area contributed by atoms with Crippen LogP contribution in [0.3, 0.4) is 0 Å². The van der Waals surface area contributed by atoms with E-state index in [2.05, 4.69) is 26.2 Å². The zero-order valence-electron chi connectivity index (χ0n) is 24.4. The van der Waals surface area contributed by atoms with Crippen LogP contribution >= 0.6 is 11.8 Å². The molecule has 0 unspecified atom stereocenters. The van der Waals surface area contributed by atoms with Crippen molar-refractivity contribution in [3.8, 4) is 11.5 Å². The first-order valence-electron chi connectivity index (χ1n) is 14.4. The number of hydrogen-bond donors (Lipinski definition) is 3. The van der Waals surface area contributed by atoms with E-state index in [4.69, 9.17) is 14.2 Å². The van der Waals surface area contributed by atoms with E-state index >= 15 is 0 Å². The fourth-order valence-corrected chi connectivity index (χ4v) is 5.65. The Bertz CT molecular complexity index is 1680. The Balaban J connectivity index is 1.08. The van der Waals surface area contributed by atoms with Gasteiger partial charge in [0.25, 0.3) is 0 Å². The van der Waals surface area contributed by atoms with E-state index < -0.39 is 6.29 Å². The lowest BCUT2D eigenvalue weighted by molar-refractivity contribution is -0.245. The second-order valence-corrected chi connectivity index (χ2v) is 11.4. The number of hydrogen-bond acceptors (Lipinski definition) is 9. The Morgan fingerprint density at radius 2 is 1.53 bits per heavy atom. The molecular formula is C33H32N6O5S. The van der Waals surface area contributed by atoms with Gasteiger partial charge in [0.2, 0.25) is 5.16 Å². The molecule has 3 atom stereocenters. The molecule has 12 heteroatoms. The first-order valence-corrected chi connectivity index (χ1v) is 15.4. The van der Waals surface area contributed by atoms with E-state index in [1.165, 1.54) is 11.8 Å². The van der Waals surface area contributed by atoms with E-state index in [0.29, 0.717) is 34.5 Å². The maximum atomic E-state index is 12.7. The molecule has 0 saturated carbocycles. The van der Waals surface area contributed by atoms with Gasteiger partial charge in [-0.25, -0.2) is 9.48 Å². The lowest BCUT2D eigenvalue weighted by atomic mass is 10.0. The third-order valence-electron chi connectivity index (χ3n) is 7.13. The summed E-state index contributed by atoms with van der Waals surface area (Å²) in [5, 5.41) is 27.5. The molecule has 1 fully saturated rings. The molecule has 0 aliphatic carbocycles. The van der Waals surface area contributed by atoms with Gasteiger partial charge < -0.3 is 30.0 Å². The SMILES string of the molecule is Cn1nnnc1SC[C@H]1C[C@@H](c2ccc(CO)cc2)O[C@@H](c2ccc(NC(=O)Nc3ccc(Oc4ccccc4)cc3)cc2)O1. The number of aromatic nitrogens is 4. The van der Waals surface area contributed by atoms with Crippen molar-refractivity contribution in [1.29, 1.82) is 0 Å². The highest BCUT2D eigenvalue weighted by molar-refractivity contribution is 7.99. The second-order valence-electron chi connectivity index (χ2n) is 10.4. The van der Waals surface area contributed by atoms with Crippen molar-refractivity contribution in [2.75, 3.05) is 16.4 Å². The standard InChI is InChI=1S/C33H32N6O5S/c1-39-33(36-37-38-39)45-21-29-19-30(23-9-7-22(20-40)8-10-23)44-31(43-29)24-11-13-25(14-12-24)34-32(41)35-26-15-17-28(18-16-26)42-27-5-3-2-4-6-27/h2-18,29-31,40H,19-21H2,1H3,(H2,34,35,41)/t29-,30+,31+/m1/s1. The fourth-order valence-electron chi connectivity index (χ4n) is 4.78. The molecule has 2 heterocycles. The zero-order valence-corrected chi connectivity index (χ0v) is 25.3. The number of amides is 2. The van der Waals surface area contributed by atoms with Crippen molar-refractivity contribution in [2.45, 2.75) is 36.7 Å². The van der Waals surface area contributed by atoms with Crippen LogP contribution in [-0.2, 0) is 23.1 Å². The number of benzene rings is 4. The molecule has 0 bridgehead atoms. The lowest BCUT2D eigenvalue weighted by Gasteiger charge is -2.36. The summed E-state index contributed by atoms with van der Waals surface area (Å²) < 4.78 is 20.2. The summed E-state index contributed by atoms with van der Waals surface area (Å²) in [5.74, 6) is 2.05. The number of rotatable bonds is 10. The minimum absolute atomic E-state index is 0.0169. The highest BCUT2D eigenvalue weighted by Gasteiger charge is 2.32. The molecular weight excluding hydrogens is 592 g/mol. The number of carbonyl (C=O) groups excluding carboxylic acids is 1.